The molecule has 8 heteroatoms. The summed E-state index contributed by atoms with van der Waals surface area (Å²) in [6.45, 7) is 0.946. The summed E-state index contributed by atoms with van der Waals surface area (Å²) in [6.07, 6.45) is -11.4. The van der Waals surface area contributed by atoms with Crippen molar-refractivity contribution in [3.8, 4) is 0 Å². The Hall–Kier alpha value is -0.790. The van der Waals surface area contributed by atoms with Gasteiger partial charge in [-0.15, -0.1) is 0 Å². The van der Waals surface area contributed by atoms with E-state index in [4.69, 9.17) is 0 Å². The van der Waals surface area contributed by atoms with Crippen LogP contribution in [0.15, 0.2) is 0 Å². The third kappa shape index (κ3) is 4.93. The molecular formula is C9H12F6O2. The number of halogens is 6. The van der Waals surface area contributed by atoms with Crippen LogP contribution in [0.5, 0.6) is 0 Å². The molecule has 0 amide bonds. The SMILES string of the molecule is COCCC(C)C(=O)C(C(F)(F)F)C(F)(F)F. The van der Waals surface area contributed by atoms with Crippen molar-refractivity contribution in [2.24, 2.45) is 11.8 Å². The van der Waals surface area contributed by atoms with E-state index in [1.165, 1.54) is 7.11 Å². The highest BCUT2D eigenvalue weighted by Crippen LogP contribution is 2.41. The van der Waals surface area contributed by atoms with Gasteiger partial charge in [0.15, 0.2) is 5.78 Å². The number of methoxy groups -OCH3 is 1. The fourth-order valence-corrected chi connectivity index (χ4v) is 1.23. The van der Waals surface area contributed by atoms with Crippen LogP contribution in [0.2, 0.25) is 0 Å². The van der Waals surface area contributed by atoms with E-state index in [1.54, 1.807) is 0 Å². The standard InChI is InChI=1S/C9H12F6O2/c1-5(3-4-17-2)6(16)7(8(10,11)12)9(13,14)15/h5,7H,3-4H2,1-2H3. The van der Waals surface area contributed by atoms with Gasteiger partial charge in [0.05, 0.1) is 0 Å². The summed E-state index contributed by atoms with van der Waals surface area (Å²) in [6, 6.07) is 0. The highest BCUT2D eigenvalue weighted by molar-refractivity contribution is 5.84. The van der Waals surface area contributed by atoms with Crippen LogP contribution in [0.3, 0.4) is 0 Å². The summed E-state index contributed by atoms with van der Waals surface area (Å²) in [4.78, 5) is 11.1. The first-order valence-corrected chi connectivity index (χ1v) is 4.68. The summed E-state index contributed by atoms with van der Waals surface area (Å²) in [7, 11) is 1.24. The zero-order valence-electron chi connectivity index (χ0n) is 9.15. The number of ether oxygens (including phenoxy) is 1. The van der Waals surface area contributed by atoms with Gasteiger partial charge in [0, 0.05) is 19.6 Å². The van der Waals surface area contributed by atoms with E-state index in [2.05, 4.69) is 4.74 Å². The van der Waals surface area contributed by atoms with Crippen molar-refractivity contribution < 1.29 is 35.9 Å². The summed E-state index contributed by atoms with van der Waals surface area (Å²) >= 11 is 0. The van der Waals surface area contributed by atoms with Crippen molar-refractivity contribution in [2.45, 2.75) is 25.7 Å². The molecule has 0 rings (SSSR count). The van der Waals surface area contributed by atoms with Gasteiger partial charge in [0.25, 0.3) is 0 Å². The van der Waals surface area contributed by atoms with Gasteiger partial charge in [0.2, 0.25) is 5.92 Å². The summed E-state index contributed by atoms with van der Waals surface area (Å²) in [5.41, 5.74) is 0. The molecule has 0 radical (unpaired) electrons. The van der Waals surface area contributed by atoms with E-state index in [0.29, 0.717) is 0 Å². The Balaban J connectivity index is 4.90. The molecule has 0 aliphatic carbocycles. The van der Waals surface area contributed by atoms with Crippen LogP contribution < -0.4 is 0 Å². The number of alkyl halides is 6. The van der Waals surface area contributed by atoms with E-state index in [1.807, 2.05) is 0 Å². The Kier molecular flexibility index (Phi) is 5.44. The second-order valence-corrected chi connectivity index (χ2v) is 3.60. The largest absolute Gasteiger partial charge is 0.407 e. The molecule has 0 heterocycles. The number of carbonyl (C=O) groups excluding carboxylic acids is 1. The van der Waals surface area contributed by atoms with Gasteiger partial charge in [-0.3, -0.25) is 4.79 Å². The molecule has 0 fully saturated rings. The number of hydrogen-bond acceptors (Lipinski definition) is 2. The Morgan fingerprint density at radius 1 is 1.12 bits per heavy atom. The van der Waals surface area contributed by atoms with Gasteiger partial charge in [-0.05, 0) is 6.42 Å². The van der Waals surface area contributed by atoms with Gasteiger partial charge in [-0.2, -0.15) is 26.3 Å². The Bertz CT molecular complexity index is 243. The minimum absolute atomic E-state index is 0.0741. The van der Waals surface area contributed by atoms with Crippen molar-refractivity contribution in [3.63, 3.8) is 0 Å². The molecule has 1 atom stereocenters. The van der Waals surface area contributed by atoms with Gasteiger partial charge >= 0.3 is 12.4 Å². The van der Waals surface area contributed by atoms with Crippen molar-refractivity contribution in [3.05, 3.63) is 0 Å². The Labute approximate surface area is 93.9 Å². The van der Waals surface area contributed by atoms with Crippen LogP contribution in [-0.2, 0) is 9.53 Å². The van der Waals surface area contributed by atoms with E-state index >= 15 is 0 Å². The highest BCUT2D eigenvalue weighted by Gasteiger charge is 2.61. The number of ketones is 1. The molecule has 0 bridgehead atoms. The fraction of sp³-hybridized carbons (Fsp3) is 0.889. The number of carbonyl (C=O) groups is 1. The lowest BCUT2D eigenvalue weighted by atomic mass is 9.91. The maximum Gasteiger partial charge on any atom is 0.407 e. The molecule has 17 heavy (non-hydrogen) atoms. The van der Waals surface area contributed by atoms with E-state index in [-0.39, 0.29) is 13.0 Å². The smallest absolute Gasteiger partial charge is 0.385 e. The van der Waals surface area contributed by atoms with E-state index < -0.39 is 30.0 Å². The lowest BCUT2D eigenvalue weighted by Gasteiger charge is -2.24. The zero-order valence-corrected chi connectivity index (χ0v) is 9.15. The molecule has 0 aliphatic rings. The van der Waals surface area contributed by atoms with Crippen LogP contribution in [-0.4, -0.2) is 31.9 Å². The first-order valence-electron chi connectivity index (χ1n) is 4.68. The molecule has 0 saturated heterocycles. The molecule has 0 aromatic carbocycles. The molecule has 2 nitrogen and oxygen atoms in total. The average Bonchev–Trinajstić information content (AvgIpc) is 2.09. The molecule has 0 aromatic heterocycles. The molecule has 0 aliphatic heterocycles. The fourth-order valence-electron chi connectivity index (χ4n) is 1.23. The zero-order chi connectivity index (χ0) is 13.9. The van der Waals surface area contributed by atoms with Crippen molar-refractivity contribution in [2.75, 3.05) is 13.7 Å². The first-order chi connectivity index (χ1) is 7.51. The maximum atomic E-state index is 12.2. The molecule has 0 spiro atoms. The molecule has 1 unspecified atom stereocenters. The maximum absolute atomic E-state index is 12.2. The number of hydrogen-bond donors (Lipinski definition) is 0. The van der Waals surface area contributed by atoms with Gasteiger partial charge in [-0.1, -0.05) is 6.92 Å². The van der Waals surface area contributed by atoms with Crippen molar-refractivity contribution >= 4 is 5.78 Å². The summed E-state index contributed by atoms with van der Waals surface area (Å²) in [5, 5.41) is 0. The predicted octanol–water partition coefficient (Wildman–Crippen LogP) is 2.97. The second-order valence-electron chi connectivity index (χ2n) is 3.60. The van der Waals surface area contributed by atoms with Crippen molar-refractivity contribution in [1.29, 1.82) is 0 Å². The average molecular weight is 266 g/mol. The number of rotatable bonds is 5. The van der Waals surface area contributed by atoms with Crippen LogP contribution >= 0.6 is 0 Å². The lowest BCUT2D eigenvalue weighted by molar-refractivity contribution is -0.274. The molecule has 0 saturated carbocycles. The normalized spacial score (nSPS) is 15.1. The topological polar surface area (TPSA) is 26.3 Å². The first kappa shape index (κ1) is 16.2. The third-order valence-corrected chi connectivity index (χ3v) is 2.18. The third-order valence-electron chi connectivity index (χ3n) is 2.18. The van der Waals surface area contributed by atoms with E-state index in [9.17, 15) is 31.1 Å². The number of Topliss-reactive ketones (excluding diaryl/α,β-unsaturated/α-hetero) is 1. The van der Waals surface area contributed by atoms with E-state index in [0.717, 1.165) is 6.92 Å². The highest BCUT2D eigenvalue weighted by atomic mass is 19.4. The molecule has 0 aromatic rings. The lowest BCUT2D eigenvalue weighted by Crippen LogP contribution is -2.44. The summed E-state index contributed by atoms with van der Waals surface area (Å²) < 4.78 is 77.6. The molecule has 0 N–H and O–H groups in total. The second kappa shape index (κ2) is 5.70. The van der Waals surface area contributed by atoms with Gasteiger partial charge in [-0.25, -0.2) is 0 Å². The van der Waals surface area contributed by atoms with Crippen LogP contribution in [0.25, 0.3) is 0 Å². The quantitative estimate of drug-likeness (QED) is 0.715. The van der Waals surface area contributed by atoms with Crippen LogP contribution in [0, 0.1) is 11.8 Å². The van der Waals surface area contributed by atoms with Gasteiger partial charge in [0.1, 0.15) is 0 Å². The van der Waals surface area contributed by atoms with Crippen molar-refractivity contribution in [1.82, 2.24) is 0 Å². The van der Waals surface area contributed by atoms with Crippen LogP contribution in [0.1, 0.15) is 13.3 Å². The molecule has 102 valence electrons. The molecular weight excluding hydrogens is 254 g/mol. The predicted molar refractivity (Wildman–Crippen MR) is 46.3 cm³/mol. The monoisotopic (exact) mass is 266 g/mol. The Morgan fingerprint density at radius 2 is 1.53 bits per heavy atom. The van der Waals surface area contributed by atoms with Gasteiger partial charge < -0.3 is 4.74 Å². The summed E-state index contributed by atoms with van der Waals surface area (Å²) in [5.74, 6) is -7.15. The Morgan fingerprint density at radius 3 is 1.82 bits per heavy atom. The minimum Gasteiger partial charge on any atom is -0.385 e. The van der Waals surface area contributed by atoms with Crippen LogP contribution in [0.4, 0.5) is 26.3 Å². The minimum atomic E-state index is -5.61.